The van der Waals surface area contributed by atoms with Crippen LogP contribution < -0.4 is 5.32 Å². The summed E-state index contributed by atoms with van der Waals surface area (Å²) in [4.78, 5) is 12.1. The van der Waals surface area contributed by atoms with Crippen molar-refractivity contribution in [2.24, 2.45) is 4.99 Å². The van der Waals surface area contributed by atoms with Gasteiger partial charge in [-0.3, -0.25) is 4.99 Å². The maximum Gasteiger partial charge on any atom is 0.246 e. The molecule has 1 N–H and O–H groups in total. The highest BCUT2D eigenvalue weighted by molar-refractivity contribution is 14.0. The van der Waals surface area contributed by atoms with Gasteiger partial charge in [-0.15, -0.1) is 35.3 Å². The average Bonchev–Trinajstić information content (AvgIpc) is 3.32. The van der Waals surface area contributed by atoms with E-state index in [0.717, 1.165) is 24.5 Å². The molecule has 0 aliphatic carbocycles. The summed E-state index contributed by atoms with van der Waals surface area (Å²) in [5.41, 5.74) is 0.824. The molecule has 0 bridgehead atoms. The minimum atomic E-state index is 0. The Labute approximate surface area is 184 Å². The molecule has 0 spiro atoms. The van der Waals surface area contributed by atoms with Crippen molar-refractivity contribution in [1.29, 1.82) is 0 Å². The first-order valence-corrected chi connectivity index (χ1v) is 9.44. The molecular formula is C18H21ClIN5OS. The second-order valence-electron chi connectivity index (χ2n) is 5.67. The lowest BCUT2D eigenvalue weighted by Gasteiger charge is -2.21. The molecule has 0 amide bonds. The molecule has 144 valence electrons. The Morgan fingerprint density at radius 2 is 2.19 bits per heavy atom. The number of guanidine groups is 1. The summed E-state index contributed by atoms with van der Waals surface area (Å²) in [6.45, 7) is 1.28. The molecule has 1 aromatic carbocycles. The number of aliphatic imine (C=N–C) groups is 1. The van der Waals surface area contributed by atoms with Crippen LogP contribution in [0, 0.1) is 0 Å². The van der Waals surface area contributed by atoms with E-state index >= 15 is 0 Å². The monoisotopic (exact) mass is 517 g/mol. The number of hydrogen-bond acceptors (Lipinski definition) is 5. The van der Waals surface area contributed by atoms with Crippen LogP contribution in [0.15, 0.2) is 51.3 Å². The fourth-order valence-electron chi connectivity index (χ4n) is 2.45. The van der Waals surface area contributed by atoms with Gasteiger partial charge in [0, 0.05) is 36.1 Å². The molecule has 0 fully saturated rings. The zero-order chi connectivity index (χ0) is 18.4. The van der Waals surface area contributed by atoms with Gasteiger partial charge in [-0.05, 0) is 30.0 Å². The van der Waals surface area contributed by atoms with Crippen molar-refractivity contribution in [2.45, 2.75) is 13.0 Å². The zero-order valence-corrected chi connectivity index (χ0v) is 19.0. The number of nitrogens with zero attached hydrogens (tertiary/aromatic N) is 4. The van der Waals surface area contributed by atoms with Gasteiger partial charge in [0.2, 0.25) is 11.7 Å². The molecule has 0 atom stereocenters. The number of rotatable bonds is 6. The van der Waals surface area contributed by atoms with Gasteiger partial charge in [0.15, 0.2) is 5.96 Å². The van der Waals surface area contributed by atoms with Crippen LogP contribution in [0.1, 0.15) is 10.8 Å². The van der Waals surface area contributed by atoms with Crippen LogP contribution in [0.5, 0.6) is 0 Å². The molecule has 0 unspecified atom stereocenters. The van der Waals surface area contributed by atoms with Crippen LogP contribution in [-0.4, -0.2) is 41.6 Å². The third-order valence-corrected chi connectivity index (χ3v) is 4.97. The predicted molar refractivity (Wildman–Crippen MR) is 121 cm³/mol. The molecule has 3 aromatic rings. The van der Waals surface area contributed by atoms with Gasteiger partial charge in [0.05, 0.1) is 6.54 Å². The van der Waals surface area contributed by atoms with E-state index < -0.39 is 0 Å². The second kappa shape index (κ2) is 10.6. The van der Waals surface area contributed by atoms with Gasteiger partial charge in [-0.25, -0.2) is 0 Å². The van der Waals surface area contributed by atoms with E-state index in [1.807, 2.05) is 25.2 Å². The van der Waals surface area contributed by atoms with Crippen LogP contribution in [0.4, 0.5) is 0 Å². The Morgan fingerprint density at radius 3 is 2.89 bits per heavy atom. The van der Waals surface area contributed by atoms with E-state index in [1.165, 1.54) is 4.88 Å². The molecule has 0 aliphatic rings. The van der Waals surface area contributed by atoms with Crippen molar-refractivity contribution in [2.75, 3.05) is 20.6 Å². The molecule has 9 heteroatoms. The van der Waals surface area contributed by atoms with E-state index in [0.29, 0.717) is 23.3 Å². The molecule has 0 saturated carbocycles. The normalized spacial score (nSPS) is 11.1. The number of nitrogens with one attached hydrogen (secondary N) is 1. The minimum Gasteiger partial charge on any atom is -0.347 e. The number of benzene rings is 1. The van der Waals surface area contributed by atoms with Crippen LogP contribution >= 0.6 is 46.9 Å². The summed E-state index contributed by atoms with van der Waals surface area (Å²) in [5.74, 6) is 1.79. The van der Waals surface area contributed by atoms with Crippen molar-refractivity contribution in [3.05, 3.63) is 57.6 Å². The van der Waals surface area contributed by atoms with E-state index in [-0.39, 0.29) is 24.0 Å². The largest absolute Gasteiger partial charge is 0.347 e. The van der Waals surface area contributed by atoms with E-state index in [9.17, 15) is 0 Å². The summed E-state index contributed by atoms with van der Waals surface area (Å²) < 4.78 is 5.31. The van der Waals surface area contributed by atoms with Gasteiger partial charge in [-0.1, -0.05) is 35.0 Å². The third kappa shape index (κ3) is 6.18. The smallest absolute Gasteiger partial charge is 0.246 e. The van der Waals surface area contributed by atoms with Crippen molar-refractivity contribution in [3.8, 4) is 11.4 Å². The number of hydrogen-bond donors (Lipinski definition) is 1. The molecule has 0 aliphatic heterocycles. The lowest BCUT2D eigenvalue weighted by Crippen LogP contribution is -2.39. The Morgan fingerprint density at radius 1 is 1.33 bits per heavy atom. The number of likely N-dealkylation sites (N-methyl/N-ethyl adjacent to an activating group) is 1. The van der Waals surface area contributed by atoms with Crippen molar-refractivity contribution < 1.29 is 4.52 Å². The minimum absolute atomic E-state index is 0. The van der Waals surface area contributed by atoms with Gasteiger partial charge >= 0.3 is 0 Å². The maximum absolute atomic E-state index is 6.01. The summed E-state index contributed by atoms with van der Waals surface area (Å²) in [6, 6.07) is 11.6. The summed E-state index contributed by atoms with van der Waals surface area (Å²) >= 11 is 7.77. The third-order valence-electron chi connectivity index (χ3n) is 3.80. The van der Waals surface area contributed by atoms with Gasteiger partial charge in [0.1, 0.15) is 0 Å². The van der Waals surface area contributed by atoms with Crippen LogP contribution in [0.2, 0.25) is 5.02 Å². The highest BCUT2D eigenvalue weighted by atomic mass is 127. The zero-order valence-electron chi connectivity index (χ0n) is 15.1. The highest BCUT2D eigenvalue weighted by Gasteiger charge is 2.11. The lowest BCUT2D eigenvalue weighted by atomic mass is 10.2. The Kier molecular flexibility index (Phi) is 8.52. The topological polar surface area (TPSA) is 66.5 Å². The predicted octanol–water partition coefficient (Wildman–Crippen LogP) is 4.32. The molecule has 0 radical (unpaired) electrons. The van der Waals surface area contributed by atoms with E-state index in [1.54, 1.807) is 24.5 Å². The Balaban J connectivity index is 0.00000261. The van der Waals surface area contributed by atoms with Gasteiger partial charge < -0.3 is 14.7 Å². The lowest BCUT2D eigenvalue weighted by molar-refractivity contribution is 0.372. The Hall–Kier alpha value is -1.65. The van der Waals surface area contributed by atoms with Crippen molar-refractivity contribution >= 4 is 52.9 Å². The van der Waals surface area contributed by atoms with Gasteiger partial charge in [0.25, 0.3) is 0 Å². The van der Waals surface area contributed by atoms with Gasteiger partial charge in [-0.2, -0.15) is 4.98 Å². The highest BCUT2D eigenvalue weighted by Crippen LogP contribution is 2.19. The van der Waals surface area contributed by atoms with E-state index in [4.69, 9.17) is 16.1 Å². The Bertz CT molecular complexity index is 868. The molecule has 2 heterocycles. The van der Waals surface area contributed by atoms with Crippen molar-refractivity contribution in [1.82, 2.24) is 20.4 Å². The van der Waals surface area contributed by atoms with E-state index in [2.05, 4.69) is 42.9 Å². The number of thiophene rings is 1. The molecule has 2 aromatic heterocycles. The first kappa shape index (κ1) is 21.6. The first-order valence-electron chi connectivity index (χ1n) is 8.18. The molecular weight excluding hydrogens is 497 g/mol. The fraction of sp³-hybridized carbons (Fsp3) is 0.278. The maximum atomic E-state index is 6.01. The van der Waals surface area contributed by atoms with Crippen molar-refractivity contribution in [3.63, 3.8) is 0 Å². The first-order chi connectivity index (χ1) is 12.7. The molecule has 6 nitrogen and oxygen atoms in total. The molecule has 0 saturated heterocycles. The van der Waals surface area contributed by atoms with Crippen LogP contribution in [0.25, 0.3) is 11.4 Å². The summed E-state index contributed by atoms with van der Waals surface area (Å²) in [5, 5.41) is 9.99. The number of aromatic nitrogens is 2. The second-order valence-corrected chi connectivity index (χ2v) is 7.14. The fourth-order valence-corrected chi connectivity index (χ4v) is 3.34. The summed E-state index contributed by atoms with van der Waals surface area (Å²) in [7, 11) is 3.77. The van der Waals surface area contributed by atoms with Crippen LogP contribution in [-0.2, 0) is 13.0 Å². The quantitative estimate of drug-likeness (QED) is 0.300. The molecule has 27 heavy (non-hydrogen) atoms. The molecule has 3 rings (SSSR count). The standard InChI is InChI=1S/C18H20ClN5OS.HI/c1-20-18(24(2)9-8-15-7-4-10-26-15)21-12-16-22-17(23-25-16)13-5-3-6-14(19)11-13;/h3-7,10-11H,8-9,12H2,1-2H3,(H,20,21);1H. The number of halogens is 2. The van der Waals surface area contributed by atoms with Crippen LogP contribution in [0.3, 0.4) is 0 Å². The average molecular weight is 518 g/mol. The summed E-state index contributed by atoms with van der Waals surface area (Å²) in [6.07, 6.45) is 0.980. The SMILES string of the molecule is CN=C(NCc1nc(-c2cccc(Cl)c2)no1)N(C)CCc1cccs1.I.